The molecule has 3 aromatic rings. The van der Waals surface area contributed by atoms with Gasteiger partial charge in [0.25, 0.3) is 5.56 Å². The van der Waals surface area contributed by atoms with Crippen molar-refractivity contribution in [2.45, 2.75) is 33.1 Å². The number of aryl methyl sites for hydroxylation is 1. The molecule has 0 spiro atoms. The normalized spacial score (nSPS) is 12.1. The molecule has 0 amide bonds. The summed E-state index contributed by atoms with van der Waals surface area (Å²) in [5, 5.41) is 9.71. The first kappa shape index (κ1) is 26.7. The Bertz CT molecular complexity index is 1510. The van der Waals surface area contributed by atoms with Gasteiger partial charge in [0, 0.05) is 28.1 Å². The lowest BCUT2D eigenvalue weighted by molar-refractivity contribution is 0.0696. The molecule has 36 heavy (non-hydrogen) atoms. The molecule has 0 aliphatic rings. The molecule has 8 nitrogen and oxygen atoms in total. The molecular formula is C27H30N2O6S. The fourth-order valence-corrected chi connectivity index (χ4v) is 4.41. The molecule has 0 fully saturated rings. The number of ether oxygens (including phenoxy) is 1. The molecule has 0 aliphatic carbocycles. The number of carboxylic acids is 1. The number of aromatic amines is 1. The number of benzene rings is 2. The maximum atomic E-state index is 12.7. The average molecular weight is 511 g/mol. The third kappa shape index (κ3) is 6.23. The van der Waals surface area contributed by atoms with Crippen LogP contribution < -0.4 is 15.0 Å². The van der Waals surface area contributed by atoms with Crippen LogP contribution in [0.3, 0.4) is 0 Å². The van der Waals surface area contributed by atoms with E-state index in [2.05, 4.69) is 9.71 Å². The van der Waals surface area contributed by atoms with Crippen LogP contribution in [-0.4, -0.2) is 37.8 Å². The Morgan fingerprint density at radius 3 is 2.28 bits per heavy atom. The van der Waals surface area contributed by atoms with Crippen LogP contribution in [0.15, 0.2) is 47.3 Å². The second-order valence-electron chi connectivity index (χ2n) is 9.60. The molecule has 3 rings (SSSR count). The zero-order valence-corrected chi connectivity index (χ0v) is 21.9. The summed E-state index contributed by atoms with van der Waals surface area (Å²) in [6, 6.07) is 11.6. The number of hydrogen-bond acceptors (Lipinski definition) is 5. The van der Waals surface area contributed by atoms with E-state index in [-0.39, 0.29) is 22.2 Å². The number of pyridine rings is 1. The SMILES string of the molecule is COc1c(/C=C/c2ccc(NS(C)(=O)=O)cc2C(=O)O)cc(-c2ccc(C)[nH]c2=O)cc1C(C)(C)C. The smallest absolute Gasteiger partial charge is 0.336 e. The lowest BCUT2D eigenvalue weighted by Gasteiger charge is -2.24. The molecule has 1 heterocycles. The van der Waals surface area contributed by atoms with Gasteiger partial charge in [-0.15, -0.1) is 0 Å². The van der Waals surface area contributed by atoms with Crippen LogP contribution in [0.25, 0.3) is 23.3 Å². The van der Waals surface area contributed by atoms with Crippen LogP contribution in [0.5, 0.6) is 5.75 Å². The maximum absolute atomic E-state index is 12.7. The number of aromatic nitrogens is 1. The summed E-state index contributed by atoms with van der Waals surface area (Å²) in [6.07, 6.45) is 4.35. The number of sulfonamides is 1. The Labute approximate surface area is 210 Å². The van der Waals surface area contributed by atoms with Gasteiger partial charge in [0.2, 0.25) is 10.0 Å². The minimum absolute atomic E-state index is 0.0685. The molecule has 3 N–H and O–H groups in total. The summed E-state index contributed by atoms with van der Waals surface area (Å²) in [5.74, 6) is -0.590. The number of aromatic carboxylic acids is 1. The van der Waals surface area contributed by atoms with Crippen molar-refractivity contribution in [3.8, 4) is 16.9 Å². The summed E-state index contributed by atoms with van der Waals surface area (Å²) < 4.78 is 31.1. The van der Waals surface area contributed by atoms with E-state index in [1.807, 2.05) is 45.9 Å². The van der Waals surface area contributed by atoms with Crippen LogP contribution in [0.2, 0.25) is 0 Å². The molecule has 0 aliphatic heterocycles. The third-order valence-corrected chi connectivity index (χ3v) is 6.13. The number of carboxylic acid groups (broad SMARTS) is 1. The average Bonchev–Trinajstić information content (AvgIpc) is 2.75. The number of carbonyl (C=O) groups is 1. The molecule has 1 aromatic heterocycles. The minimum atomic E-state index is -3.56. The highest BCUT2D eigenvalue weighted by Crippen LogP contribution is 2.38. The predicted molar refractivity (Wildman–Crippen MR) is 143 cm³/mol. The largest absolute Gasteiger partial charge is 0.496 e. The number of H-pyrrole nitrogens is 1. The van der Waals surface area contributed by atoms with Gasteiger partial charge in [0.1, 0.15) is 5.75 Å². The summed E-state index contributed by atoms with van der Waals surface area (Å²) in [7, 11) is -1.99. The molecule has 0 unspecified atom stereocenters. The van der Waals surface area contributed by atoms with Gasteiger partial charge in [0.05, 0.1) is 18.9 Å². The zero-order valence-electron chi connectivity index (χ0n) is 21.1. The van der Waals surface area contributed by atoms with Gasteiger partial charge < -0.3 is 14.8 Å². The number of methoxy groups -OCH3 is 1. The van der Waals surface area contributed by atoms with Gasteiger partial charge in [-0.2, -0.15) is 0 Å². The van der Waals surface area contributed by atoms with E-state index in [1.54, 1.807) is 25.3 Å². The molecule has 0 saturated carbocycles. The first-order chi connectivity index (χ1) is 16.7. The van der Waals surface area contributed by atoms with Crippen LogP contribution >= 0.6 is 0 Å². The van der Waals surface area contributed by atoms with E-state index in [0.29, 0.717) is 28.0 Å². The van der Waals surface area contributed by atoms with Crippen molar-refractivity contribution in [3.63, 3.8) is 0 Å². The fraction of sp³-hybridized carbons (Fsp3) is 0.259. The molecular weight excluding hydrogens is 480 g/mol. The first-order valence-corrected chi connectivity index (χ1v) is 13.0. The Morgan fingerprint density at radius 1 is 1.06 bits per heavy atom. The van der Waals surface area contributed by atoms with Gasteiger partial charge in [-0.3, -0.25) is 9.52 Å². The lowest BCUT2D eigenvalue weighted by atomic mass is 9.83. The second kappa shape index (κ2) is 10.0. The van der Waals surface area contributed by atoms with E-state index >= 15 is 0 Å². The van der Waals surface area contributed by atoms with E-state index in [4.69, 9.17) is 4.74 Å². The van der Waals surface area contributed by atoms with Crippen LogP contribution in [0.4, 0.5) is 5.69 Å². The third-order valence-electron chi connectivity index (χ3n) is 5.53. The molecule has 0 saturated heterocycles. The Balaban J connectivity index is 2.19. The van der Waals surface area contributed by atoms with Crippen LogP contribution in [-0.2, 0) is 15.4 Å². The highest BCUT2D eigenvalue weighted by atomic mass is 32.2. The Kier molecular flexibility index (Phi) is 7.45. The van der Waals surface area contributed by atoms with Gasteiger partial charge in [-0.1, -0.05) is 39.0 Å². The number of hydrogen-bond donors (Lipinski definition) is 3. The van der Waals surface area contributed by atoms with Crippen molar-refractivity contribution >= 4 is 33.8 Å². The molecule has 190 valence electrons. The van der Waals surface area contributed by atoms with E-state index in [1.165, 1.54) is 18.2 Å². The van der Waals surface area contributed by atoms with E-state index in [0.717, 1.165) is 17.5 Å². The summed E-state index contributed by atoms with van der Waals surface area (Å²) >= 11 is 0. The molecule has 2 aromatic carbocycles. The van der Waals surface area contributed by atoms with E-state index < -0.39 is 16.0 Å². The first-order valence-electron chi connectivity index (χ1n) is 11.2. The van der Waals surface area contributed by atoms with Crippen molar-refractivity contribution in [2.75, 3.05) is 18.1 Å². The van der Waals surface area contributed by atoms with Gasteiger partial charge in [-0.25, -0.2) is 13.2 Å². The van der Waals surface area contributed by atoms with Crippen LogP contribution in [0.1, 0.15) is 53.5 Å². The lowest BCUT2D eigenvalue weighted by Crippen LogP contribution is -2.15. The topological polar surface area (TPSA) is 126 Å². The summed E-state index contributed by atoms with van der Waals surface area (Å²) in [5.41, 5.74) is 3.44. The quantitative estimate of drug-likeness (QED) is 0.388. The standard InChI is InChI=1S/C27H30N2O6S/c1-16-7-12-21(25(30)28-16)19-13-18(24(35-5)23(14-19)27(2,3)4)9-8-17-10-11-20(29-36(6,33)34)15-22(17)26(31)32/h7-15,29H,1-6H3,(H,28,30)(H,31,32)/b9-8+. The molecule has 0 bridgehead atoms. The minimum Gasteiger partial charge on any atom is -0.496 e. The number of rotatable bonds is 7. The summed E-state index contributed by atoms with van der Waals surface area (Å²) in [6.45, 7) is 7.93. The van der Waals surface area contributed by atoms with Crippen molar-refractivity contribution in [1.82, 2.24) is 4.98 Å². The van der Waals surface area contributed by atoms with Gasteiger partial charge in [-0.05, 0) is 59.9 Å². The predicted octanol–water partition coefficient (Wildman–Crippen LogP) is 4.90. The fourth-order valence-electron chi connectivity index (χ4n) is 3.86. The van der Waals surface area contributed by atoms with Crippen molar-refractivity contribution in [1.29, 1.82) is 0 Å². The number of anilines is 1. The van der Waals surface area contributed by atoms with Crippen molar-refractivity contribution in [2.24, 2.45) is 0 Å². The Morgan fingerprint density at radius 2 is 1.72 bits per heavy atom. The van der Waals surface area contributed by atoms with Gasteiger partial charge in [0.15, 0.2) is 0 Å². The van der Waals surface area contributed by atoms with Crippen molar-refractivity contribution < 1.29 is 23.1 Å². The molecule has 0 atom stereocenters. The second-order valence-corrected chi connectivity index (χ2v) is 11.3. The van der Waals surface area contributed by atoms with E-state index in [9.17, 15) is 23.1 Å². The van der Waals surface area contributed by atoms with Crippen LogP contribution in [0, 0.1) is 6.92 Å². The molecule has 9 heteroatoms. The monoisotopic (exact) mass is 510 g/mol. The Hall–Kier alpha value is -3.85. The highest BCUT2D eigenvalue weighted by molar-refractivity contribution is 7.92. The summed E-state index contributed by atoms with van der Waals surface area (Å²) in [4.78, 5) is 27.4. The van der Waals surface area contributed by atoms with Gasteiger partial charge >= 0.3 is 5.97 Å². The number of nitrogens with one attached hydrogen (secondary N) is 2. The zero-order chi connectivity index (χ0) is 26.8. The maximum Gasteiger partial charge on any atom is 0.336 e. The van der Waals surface area contributed by atoms with Crippen molar-refractivity contribution in [3.05, 3.63) is 80.8 Å². The highest BCUT2D eigenvalue weighted by Gasteiger charge is 2.23. The molecule has 0 radical (unpaired) electrons.